The first-order valence-corrected chi connectivity index (χ1v) is 6.90. The van der Waals surface area contributed by atoms with Crippen molar-refractivity contribution in [3.05, 3.63) is 19.8 Å². The predicted molar refractivity (Wildman–Crippen MR) is 72.0 cm³/mol. The molecule has 94 valence electrons. The maximum Gasteiger partial charge on any atom is 0.303 e. The van der Waals surface area contributed by atoms with E-state index in [4.69, 9.17) is 16.7 Å². The standard InChI is InChI=1S/C11H12BrClO3S/c1-11(2,5-9(15)16)4-7(14)8-3-6(13)10(12)17-8/h3H,4-5H2,1-2H3,(H,15,16). The van der Waals surface area contributed by atoms with Gasteiger partial charge in [-0.2, -0.15) is 0 Å². The number of aliphatic carboxylic acids is 1. The summed E-state index contributed by atoms with van der Waals surface area (Å²) in [5.41, 5.74) is -0.550. The minimum absolute atomic E-state index is 0.0288. The van der Waals surface area contributed by atoms with E-state index < -0.39 is 11.4 Å². The second-order valence-electron chi connectivity index (χ2n) is 4.57. The quantitative estimate of drug-likeness (QED) is 0.816. The van der Waals surface area contributed by atoms with Crippen molar-refractivity contribution in [1.29, 1.82) is 0 Å². The Morgan fingerprint density at radius 1 is 1.47 bits per heavy atom. The van der Waals surface area contributed by atoms with Crippen molar-refractivity contribution in [2.45, 2.75) is 26.7 Å². The first-order chi connectivity index (χ1) is 7.71. The lowest BCUT2D eigenvalue weighted by Crippen LogP contribution is -2.20. The maximum atomic E-state index is 11.9. The highest BCUT2D eigenvalue weighted by Crippen LogP contribution is 2.35. The summed E-state index contributed by atoms with van der Waals surface area (Å²) in [7, 11) is 0. The van der Waals surface area contributed by atoms with Gasteiger partial charge in [-0.25, -0.2) is 0 Å². The summed E-state index contributed by atoms with van der Waals surface area (Å²) in [5.74, 6) is -0.970. The lowest BCUT2D eigenvalue weighted by Gasteiger charge is -2.20. The highest BCUT2D eigenvalue weighted by atomic mass is 79.9. The smallest absolute Gasteiger partial charge is 0.303 e. The second kappa shape index (κ2) is 5.50. The van der Waals surface area contributed by atoms with Crippen LogP contribution in [0.1, 0.15) is 36.4 Å². The molecule has 0 saturated carbocycles. The molecule has 17 heavy (non-hydrogen) atoms. The van der Waals surface area contributed by atoms with Crippen LogP contribution >= 0.6 is 38.9 Å². The number of carboxylic acid groups (broad SMARTS) is 1. The lowest BCUT2D eigenvalue weighted by molar-refractivity contribution is -0.139. The van der Waals surface area contributed by atoms with Gasteiger partial charge in [-0.05, 0) is 27.4 Å². The minimum Gasteiger partial charge on any atom is -0.481 e. The van der Waals surface area contributed by atoms with Crippen molar-refractivity contribution in [1.82, 2.24) is 0 Å². The van der Waals surface area contributed by atoms with Gasteiger partial charge in [0.2, 0.25) is 0 Å². The number of halogens is 2. The zero-order valence-electron chi connectivity index (χ0n) is 9.42. The molecule has 1 aromatic rings. The zero-order valence-corrected chi connectivity index (χ0v) is 12.6. The van der Waals surface area contributed by atoms with E-state index in [1.165, 1.54) is 11.3 Å². The average molecular weight is 340 g/mol. The Morgan fingerprint density at radius 2 is 2.06 bits per heavy atom. The van der Waals surface area contributed by atoms with E-state index in [0.717, 1.165) is 3.79 Å². The number of carbonyl (C=O) groups excluding carboxylic acids is 1. The molecule has 0 aliphatic rings. The Hall–Kier alpha value is -0.390. The van der Waals surface area contributed by atoms with Gasteiger partial charge >= 0.3 is 5.97 Å². The van der Waals surface area contributed by atoms with Crippen LogP contribution in [0.5, 0.6) is 0 Å². The summed E-state index contributed by atoms with van der Waals surface area (Å²) in [6.45, 7) is 3.53. The van der Waals surface area contributed by atoms with Crippen LogP contribution in [0.4, 0.5) is 0 Å². The summed E-state index contributed by atoms with van der Waals surface area (Å²) in [6.07, 6.45) is 0.168. The van der Waals surface area contributed by atoms with Crippen molar-refractivity contribution >= 4 is 50.6 Å². The monoisotopic (exact) mass is 338 g/mol. The molecule has 0 radical (unpaired) electrons. The van der Waals surface area contributed by atoms with Crippen LogP contribution in [0, 0.1) is 5.41 Å². The van der Waals surface area contributed by atoms with Gasteiger partial charge in [0.1, 0.15) is 0 Å². The third kappa shape index (κ3) is 4.41. The van der Waals surface area contributed by atoms with Gasteiger partial charge in [-0.3, -0.25) is 9.59 Å². The van der Waals surface area contributed by atoms with Crippen LogP contribution in [0.3, 0.4) is 0 Å². The molecule has 0 atom stereocenters. The number of rotatable bonds is 5. The Labute approximate surface area is 117 Å². The van der Waals surface area contributed by atoms with Crippen LogP contribution in [-0.2, 0) is 4.79 Å². The van der Waals surface area contributed by atoms with Crippen molar-refractivity contribution in [3.8, 4) is 0 Å². The minimum atomic E-state index is -0.895. The van der Waals surface area contributed by atoms with Crippen LogP contribution < -0.4 is 0 Å². The van der Waals surface area contributed by atoms with Gasteiger partial charge in [0.25, 0.3) is 0 Å². The first kappa shape index (κ1) is 14.7. The fourth-order valence-electron chi connectivity index (χ4n) is 1.48. The van der Waals surface area contributed by atoms with Crippen LogP contribution in [-0.4, -0.2) is 16.9 Å². The van der Waals surface area contributed by atoms with Gasteiger partial charge in [-0.15, -0.1) is 11.3 Å². The number of Topliss-reactive ketones (excluding diaryl/α,β-unsaturated/α-hetero) is 1. The molecule has 6 heteroatoms. The van der Waals surface area contributed by atoms with Crippen LogP contribution in [0.25, 0.3) is 0 Å². The molecule has 0 bridgehead atoms. The molecular weight excluding hydrogens is 328 g/mol. The Bertz CT molecular complexity index is 434. The molecule has 0 unspecified atom stereocenters. The summed E-state index contributed by atoms with van der Waals surface area (Å²) >= 11 is 10.4. The molecule has 0 amide bonds. The molecule has 3 nitrogen and oxygen atoms in total. The number of hydrogen-bond donors (Lipinski definition) is 1. The molecule has 1 aromatic heterocycles. The summed E-state index contributed by atoms with van der Waals surface area (Å²) in [6, 6.07) is 1.61. The van der Waals surface area contributed by atoms with Crippen molar-refractivity contribution < 1.29 is 14.7 Å². The van der Waals surface area contributed by atoms with E-state index in [1.807, 2.05) is 0 Å². The Morgan fingerprint density at radius 3 is 2.47 bits per heavy atom. The van der Waals surface area contributed by atoms with Crippen LogP contribution in [0.15, 0.2) is 9.85 Å². The lowest BCUT2D eigenvalue weighted by atomic mass is 9.84. The normalized spacial score (nSPS) is 11.5. The van der Waals surface area contributed by atoms with E-state index in [0.29, 0.717) is 9.90 Å². The third-order valence-electron chi connectivity index (χ3n) is 2.19. The molecule has 0 fully saturated rings. The maximum absolute atomic E-state index is 11.9. The fourth-order valence-corrected chi connectivity index (χ4v) is 3.12. The zero-order chi connectivity index (χ0) is 13.2. The second-order valence-corrected chi connectivity index (χ2v) is 7.34. The third-order valence-corrected chi connectivity index (χ3v) is 4.70. The highest BCUT2D eigenvalue weighted by Gasteiger charge is 2.26. The number of carbonyl (C=O) groups is 2. The highest BCUT2D eigenvalue weighted by molar-refractivity contribution is 9.11. The van der Waals surface area contributed by atoms with Gasteiger partial charge < -0.3 is 5.11 Å². The molecule has 1 heterocycles. The van der Waals surface area contributed by atoms with Gasteiger partial charge in [-0.1, -0.05) is 25.4 Å². The van der Waals surface area contributed by atoms with E-state index in [1.54, 1.807) is 19.9 Å². The van der Waals surface area contributed by atoms with E-state index in [2.05, 4.69) is 15.9 Å². The van der Waals surface area contributed by atoms with Gasteiger partial charge in [0.15, 0.2) is 5.78 Å². The van der Waals surface area contributed by atoms with Gasteiger partial charge in [0.05, 0.1) is 20.1 Å². The molecule has 1 N–H and O–H groups in total. The summed E-state index contributed by atoms with van der Waals surface area (Å²) in [4.78, 5) is 23.2. The van der Waals surface area contributed by atoms with E-state index in [9.17, 15) is 9.59 Å². The van der Waals surface area contributed by atoms with E-state index in [-0.39, 0.29) is 18.6 Å². The molecule has 0 aromatic carbocycles. The first-order valence-electron chi connectivity index (χ1n) is 4.91. The SMILES string of the molecule is CC(C)(CC(=O)O)CC(=O)c1cc(Cl)c(Br)s1. The largest absolute Gasteiger partial charge is 0.481 e. The predicted octanol–water partition coefficient (Wildman–Crippen LogP) is 4.24. The van der Waals surface area contributed by atoms with Crippen molar-refractivity contribution in [3.63, 3.8) is 0 Å². The number of hydrogen-bond acceptors (Lipinski definition) is 3. The Balaban J connectivity index is 2.75. The van der Waals surface area contributed by atoms with Crippen molar-refractivity contribution in [2.24, 2.45) is 5.41 Å². The molecular formula is C11H12BrClO3S. The number of ketones is 1. The summed E-state index contributed by atoms with van der Waals surface area (Å²) < 4.78 is 0.721. The Kier molecular flexibility index (Phi) is 4.75. The average Bonchev–Trinajstić information content (AvgIpc) is 2.43. The molecule has 0 aliphatic heterocycles. The molecule has 0 saturated heterocycles. The number of carboxylic acids is 1. The van der Waals surface area contributed by atoms with Gasteiger partial charge in [0, 0.05) is 6.42 Å². The number of thiophene rings is 1. The van der Waals surface area contributed by atoms with E-state index >= 15 is 0 Å². The summed E-state index contributed by atoms with van der Waals surface area (Å²) in [5, 5.41) is 9.25. The molecule has 0 spiro atoms. The van der Waals surface area contributed by atoms with Crippen LogP contribution in [0.2, 0.25) is 5.02 Å². The molecule has 0 aliphatic carbocycles. The fraction of sp³-hybridized carbons (Fsp3) is 0.455. The topological polar surface area (TPSA) is 54.4 Å². The van der Waals surface area contributed by atoms with Crippen molar-refractivity contribution in [2.75, 3.05) is 0 Å². The molecule has 1 rings (SSSR count).